The second kappa shape index (κ2) is 5.86. The molecule has 0 saturated carbocycles. The molecule has 0 atom stereocenters. The summed E-state index contributed by atoms with van der Waals surface area (Å²) in [6.07, 6.45) is 2.98. The highest BCUT2D eigenvalue weighted by molar-refractivity contribution is 5.78. The third kappa shape index (κ3) is 3.10. The molecule has 0 aliphatic heterocycles. The summed E-state index contributed by atoms with van der Waals surface area (Å²) in [5.41, 5.74) is 1.56. The monoisotopic (exact) mass is 246 g/mol. The number of hydrogen-bond donors (Lipinski definition) is 1. The van der Waals surface area contributed by atoms with Gasteiger partial charge in [0.2, 0.25) is 5.91 Å². The van der Waals surface area contributed by atoms with Gasteiger partial charge in [-0.05, 0) is 6.07 Å². The zero-order valence-electron chi connectivity index (χ0n) is 10.1. The van der Waals surface area contributed by atoms with Crippen LogP contribution in [-0.2, 0) is 17.8 Å². The summed E-state index contributed by atoms with van der Waals surface area (Å²) in [6.45, 7) is 0.431. The molecule has 1 N–H and O–H groups in total. The van der Waals surface area contributed by atoms with Gasteiger partial charge < -0.3 is 14.5 Å². The van der Waals surface area contributed by atoms with Gasteiger partial charge in [-0.15, -0.1) is 0 Å². The molecule has 94 valence electrons. The molecule has 0 aliphatic rings. The molecule has 1 amide bonds. The highest BCUT2D eigenvalue weighted by Gasteiger charge is 2.07. The van der Waals surface area contributed by atoms with Gasteiger partial charge in [0.25, 0.3) is 0 Å². The first-order valence-electron chi connectivity index (χ1n) is 5.55. The van der Waals surface area contributed by atoms with Crippen molar-refractivity contribution in [1.82, 2.24) is 10.3 Å². The molecule has 2 rings (SSSR count). The number of nitrogens with zero attached hydrogens (tertiary/aromatic N) is 1. The van der Waals surface area contributed by atoms with E-state index in [1.54, 1.807) is 7.11 Å². The molecule has 5 heteroatoms. The number of rotatable bonds is 5. The predicted molar refractivity (Wildman–Crippen MR) is 65.0 cm³/mol. The molecule has 2 aromatic rings. The molecule has 18 heavy (non-hydrogen) atoms. The number of methoxy groups -OCH3 is 1. The Labute approximate surface area is 105 Å². The number of aromatic nitrogens is 1. The van der Waals surface area contributed by atoms with Gasteiger partial charge in [0.15, 0.2) is 6.39 Å². The van der Waals surface area contributed by atoms with Crippen LogP contribution in [0.4, 0.5) is 0 Å². The van der Waals surface area contributed by atoms with Crippen LogP contribution >= 0.6 is 0 Å². The Bertz CT molecular complexity index is 509. The fraction of sp³-hybridized carbons (Fsp3) is 0.231. The van der Waals surface area contributed by atoms with Crippen molar-refractivity contribution in [3.8, 4) is 5.75 Å². The second-order valence-corrected chi connectivity index (χ2v) is 3.75. The number of ether oxygens (including phenoxy) is 1. The molecule has 0 radical (unpaired) electrons. The van der Waals surface area contributed by atoms with E-state index in [9.17, 15) is 4.79 Å². The van der Waals surface area contributed by atoms with Crippen LogP contribution in [0.1, 0.15) is 11.3 Å². The summed E-state index contributed by atoms with van der Waals surface area (Å²) < 4.78 is 10.0. The van der Waals surface area contributed by atoms with E-state index < -0.39 is 0 Å². The average molecular weight is 246 g/mol. The first-order valence-corrected chi connectivity index (χ1v) is 5.55. The number of amides is 1. The fourth-order valence-corrected chi connectivity index (χ4v) is 1.59. The van der Waals surface area contributed by atoms with E-state index in [0.29, 0.717) is 12.2 Å². The van der Waals surface area contributed by atoms with Crippen LogP contribution in [0, 0.1) is 0 Å². The second-order valence-electron chi connectivity index (χ2n) is 3.75. The van der Waals surface area contributed by atoms with Gasteiger partial charge in [0.05, 0.1) is 19.2 Å². The third-order valence-corrected chi connectivity index (χ3v) is 2.49. The summed E-state index contributed by atoms with van der Waals surface area (Å²) in [7, 11) is 1.61. The summed E-state index contributed by atoms with van der Waals surface area (Å²) in [6, 6.07) is 7.57. The summed E-state index contributed by atoms with van der Waals surface area (Å²) in [5.74, 6) is 0.661. The predicted octanol–water partition coefficient (Wildman–Crippen LogP) is 1.54. The van der Waals surface area contributed by atoms with Crippen LogP contribution in [0.15, 0.2) is 41.3 Å². The Morgan fingerprint density at radius 2 is 2.28 bits per heavy atom. The Kier molecular flexibility index (Phi) is 3.96. The van der Waals surface area contributed by atoms with Gasteiger partial charge >= 0.3 is 0 Å². The molecular weight excluding hydrogens is 232 g/mol. The largest absolute Gasteiger partial charge is 0.496 e. The maximum absolute atomic E-state index is 11.6. The first-order chi connectivity index (χ1) is 8.79. The maximum Gasteiger partial charge on any atom is 0.226 e. The Hall–Kier alpha value is -2.30. The molecular formula is C13H14N2O3. The van der Waals surface area contributed by atoms with E-state index in [1.165, 1.54) is 12.7 Å². The molecule has 0 unspecified atom stereocenters. The molecule has 0 spiro atoms. The number of carbonyl (C=O) groups excluding carboxylic acids is 1. The summed E-state index contributed by atoms with van der Waals surface area (Å²) >= 11 is 0. The fourth-order valence-electron chi connectivity index (χ4n) is 1.59. The Balaban J connectivity index is 1.89. The van der Waals surface area contributed by atoms with E-state index in [-0.39, 0.29) is 12.3 Å². The molecule has 1 aromatic heterocycles. The minimum absolute atomic E-state index is 0.102. The first kappa shape index (κ1) is 12.2. The van der Waals surface area contributed by atoms with Gasteiger partial charge in [-0.3, -0.25) is 4.79 Å². The molecule has 0 saturated heterocycles. The maximum atomic E-state index is 11.6. The molecule has 0 fully saturated rings. The Morgan fingerprint density at radius 3 is 3.00 bits per heavy atom. The molecule has 1 aromatic carbocycles. The van der Waals surface area contributed by atoms with Crippen molar-refractivity contribution in [2.24, 2.45) is 0 Å². The zero-order chi connectivity index (χ0) is 12.8. The van der Waals surface area contributed by atoms with E-state index in [2.05, 4.69) is 10.3 Å². The number of para-hydroxylation sites is 1. The van der Waals surface area contributed by atoms with Crippen molar-refractivity contribution in [2.45, 2.75) is 13.0 Å². The number of nitrogens with one attached hydrogen (secondary N) is 1. The van der Waals surface area contributed by atoms with Crippen molar-refractivity contribution in [1.29, 1.82) is 0 Å². The number of oxazole rings is 1. The minimum Gasteiger partial charge on any atom is -0.496 e. The smallest absolute Gasteiger partial charge is 0.226 e. The standard InChI is InChI=1S/C13H14N2O3/c1-17-12-5-3-2-4-10(12)7-14-13(16)6-11-8-18-9-15-11/h2-5,8-9H,6-7H2,1H3,(H,14,16). The Morgan fingerprint density at radius 1 is 1.44 bits per heavy atom. The van der Waals surface area contributed by atoms with Gasteiger partial charge in [0.1, 0.15) is 12.0 Å². The van der Waals surface area contributed by atoms with E-state index >= 15 is 0 Å². The van der Waals surface area contributed by atoms with Crippen LogP contribution in [0.3, 0.4) is 0 Å². The van der Waals surface area contributed by atoms with Gasteiger partial charge in [-0.1, -0.05) is 18.2 Å². The van der Waals surface area contributed by atoms with Crippen LogP contribution in [0.25, 0.3) is 0 Å². The van der Waals surface area contributed by atoms with E-state index in [0.717, 1.165) is 11.3 Å². The lowest BCUT2D eigenvalue weighted by atomic mass is 10.2. The minimum atomic E-state index is -0.102. The highest BCUT2D eigenvalue weighted by atomic mass is 16.5. The molecule has 0 bridgehead atoms. The lowest BCUT2D eigenvalue weighted by Gasteiger charge is -2.08. The van der Waals surface area contributed by atoms with Crippen molar-refractivity contribution in [3.63, 3.8) is 0 Å². The normalized spacial score (nSPS) is 10.1. The summed E-state index contributed by atoms with van der Waals surface area (Å²) in [5, 5.41) is 2.81. The quantitative estimate of drug-likeness (QED) is 0.869. The molecule has 5 nitrogen and oxygen atoms in total. The van der Waals surface area contributed by atoms with Crippen molar-refractivity contribution < 1.29 is 13.9 Å². The summed E-state index contributed by atoms with van der Waals surface area (Å²) in [4.78, 5) is 15.5. The van der Waals surface area contributed by atoms with Crippen LogP contribution in [0.2, 0.25) is 0 Å². The number of hydrogen-bond acceptors (Lipinski definition) is 4. The van der Waals surface area contributed by atoms with E-state index in [1.807, 2.05) is 24.3 Å². The van der Waals surface area contributed by atoms with Crippen molar-refractivity contribution >= 4 is 5.91 Å². The topological polar surface area (TPSA) is 64.4 Å². The van der Waals surface area contributed by atoms with Crippen LogP contribution in [0.5, 0.6) is 5.75 Å². The van der Waals surface area contributed by atoms with Gasteiger partial charge in [-0.2, -0.15) is 0 Å². The number of carbonyl (C=O) groups is 1. The lowest BCUT2D eigenvalue weighted by Crippen LogP contribution is -2.24. The number of benzene rings is 1. The SMILES string of the molecule is COc1ccccc1CNC(=O)Cc1cocn1. The highest BCUT2D eigenvalue weighted by Crippen LogP contribution is 2.16. The van der Waals surface area contributed by atoms with Crippen molar-refractivity contribution in [3.05, 3.63) is 48.2 Å². The zero-order valence-corrected chi connectivity index (χ0v) is 10.1. The van der Waals surface area contributed by atoms with Crippen molar-refractivity contribution in [2.75, 3.05) is 7.11 Å². The lowest BCUT2D eigenvalue weighted by molar-refractivity contribution is -0.120. The average Bonchev–Trinajstić information content (AvgIpc) is 2.89. The van der Waals surface area contributed by atoms with Crippen LogP contribution in [-0.4, -0.2) is 18.0 Å². The van der Waals surface area contributed by atoms with E-state index in [4.69, 9.17) is 9.15 Å². The van der Waals surface area contributed by atoms with Gasteiger partial charge in [-0.25, -0.2) is 4.98 Å². The molecule has 0 aliphatic carbocycles. The third-order valence-electron chi connectivity index (χ3n) is 2.49. The van der Waals surface area contributed by atoms with Gasteiger partial charge in [0, 0.05) is 12.1 Å². The van der Waals surface area contributed by atoms with Crippen LogP contribution < -0.4 is 10.1 Å². The molecule has 1 heterocycles.